The van der Waals surface area contributed by atoms with Crippen molar-refractivity contribution in [1.82, 2.24) is 4.98 Å². The number of hydrogen-bond acceptors (Lipinski definition) is 6. The Kier molecular flexibility index (Phi) is 6.78. The van der Waals surface area contributed by atoms with Crippen LogP contribution < -0.4 is 10.1 Å². The monoisotopic (exact) mass is 339 g/mol. The number of carbonyl (C=O) groups excluding carboxylic acids is 1. The number of nitrogens with zero attached hydrogens (tertiary/aromatic N) is 2. The normalized spacial score (nSPS) is 10.2. The van der Waals surface area contributed by atoms with E-state index in [1.807, 2.05) is 38.1 Å². The lowest BCUT2D eigenvalue weighted by Crippen LogP contribution is -2.17. The van der Waals surface area contributed by atoms with E-state index >= 15 is 0 Å². The van der Waals surface area contributed by atoms with Gasteiger partial charge in [-0.3, -0.25) is 4.79 Å². The number of rotatable bonds is 8. The van der Waals surface area contributed by atoms with Crippen LogP contribution >= 0.6 is 0 Å². The number of benzene rings is 1. The van der Waals surface area contributed by atoms with E-state index in [4.69, 9.17) is 14.7 Å². The highest BCUT2D eigenvalue weighted by Crippen LogP contribution is 2.20. The largest absolute Gasteiger partial charge is 0.491 e. The molecule has 0 bridgehead atoms. The number of hydrogen-bond donors (Lipinski definition) is 1. The number of pyridine rings is 1. The molecule has 0 aliphatic heterocycles. The summed E-state index contributed by atoms with van der Waals surface area (Å²) in [7, 11) is 0. The number of para-hydroxylation sites is 1. The lowest BCUT2D eigenvalue weighted by molar-refractivity contribution is -0.142. The Morgan fingerprint density at radius 3 is 2.84 bits per heavy atom. The second-order valence-electron chi connectivity index (χ2n) is 5.61. The number of ether oxygens (including phenoxy) is 2. The highest BCUT2D eigenvalue weighted by atomic mass is 16.5. The summed E-state index contributed by atoms with van der Waals surface area (Å²) < 4.78 is 10.9. The van der Waals surface area contributed by atoms with Crippen LogP contribution in [0.5, 0.6) is 5.75 Å². The van der Waals surface area contributed by atoms with Gasteiger partial charge in [0, 0.05) is 11.8 Å². The molecular weight excluding hydrogens is 318 g/mol. The molecule has 6 heteroatoms. The number of esters is 1. The van der Waals surface area contributed by atoms with Crippen molar-refractivity contribution in [1.29, 1.82) is 5.26 Å². The van der Waals surface area contributed by atoms with E-state index in [-0.39, 0.29) is 25.1 Å². The van der Waals surface area contributed by atoms with Crippen LogP contribution in [-0.4, -0.2) is 30.2 Å². The SMILES string of the molecule is CC(C)Oc1ccccc1CC(=O)OCCNc1ncccc1C#N. The zero-order chi connectivity index (χ0) is 18.1. The zero-order valence-corrected chi connectivity index (χ0v) is 14.4. The summed E-state index contributed by atoms with van der Waals surface area (Å²) in [5.41, 5.74) is 1.25. The molecular formula is C19H21N3O3. The van der Waals surface area contributed by atoms with E-state index in [1.165, 1.54) is 0 Å². The Hall–Kier alpha value is -3.07. The molecule has 1 aromatic heterocycles. The van der Waals surface area contributed by atoms with Crippen LogP contribution in [0.4, 0.5) is 5.82 Å². The van der Waals surface area contributed by atoms with Gasteiger partial charge in [-0.25, -0.2) is 4.98 Å². The molecule has 0 spiro atoms. The molecule has 0 amide bonds. The molecule has 0 saturated heterocycles. The topological polar surface area (TPSA) is 84.2 Å². The Balaban J connectivity index is 1.81. The third-order valence-electron chi connectivity index (χ3n) is 3.26. The molecule has 0 aliphatic rings. The van der Waals surface area contributed by atoms with Crippen molar-refractivity contribution >= 4 is 11.8 Å². The van der Waals surface area contributed by atoms with Crippen LogP contribution in [0.2, 0.25) is 0 Å². The molecule has 2 aromatic rings. The first-order valence-corrected chi connectivity index (χ1v) is 8.09. The van der Waals surface area contributed by atoms with Gasteiger partial charge in [0.1, 0.15) is 24.2 Å². The summed E-state index contributed by atoms with van der Waals surface area (Å²) in [5, 5.41) is 12.0. The van der Waals surface area contributed by atoms with Gasteiger partial charge in [0.05, 0.1) is 24.6 Å². The van der Waals surface area contributed by atoms with Crippen LogP contribution in [0.25, 0.3) is 0 Å². The second kappa shape index (κ2) is 9.28. The van der Waals surface area contributed by atoms with E-state index < -0.39 is 0 Å². The predicted molar refractivity (Wildman–Crippen MR) is 94.3 cm³/mol. The average molecular weight is 339 g/mol. The van der Waals surface area contributed by atoms with Gasteiger partial charge in [-0.05, 0) is 32.0 Å². The molecule has 1 aromatic carbocycles. The molecule has 25 heavy (non-hydrogen) atoms. The zero-order valence-electron chi connectivity index (χ0n) is 14.4. The quantitative estimate of drug-likeness (QED) is 0.588. The van der Waals surface area contributed by atoms with Crippen LogP contribution in [0, 0.1) is 11.3 Å². The minimum absolute atomic E-state index is 0.0362. The van der Waals surface area contributed by atoms with E-state index in [0.717, 1.165) is 5.56 Å². The summed E-state index contributed by atoms with van der Waals surface area (Å²) in [6.07, 6.45) is 1.78. The van der Waals surface area contributed by atoms with Gasteiger partial charge >= 0.3 is 5.97 Å². The van der Waals surface area contributed by atoms with Crippen molar-refractivity contribution in [2.45, 2.75) is 26.4 Å². The van der Waals surface area contributed by atoms with Crippen LogP contribution in [0.3, 0.4) is 0 Å². The molecule has 0 aliphatic carbocycles. The maximum atomic E-state index is 12.0. The molecule has 1 heterocycles. The third kappa shape index (κ3) is 5.81. The highest BCUT2D eigenvalue weighted by Gasteiger charge is 2.11. The van der Waals surface area contributed by atoms with E-state index in [2.05, 4.69) is 16.4 Å². The molecule has 6 nitrogen and oxygen atoms in total. The van der Waals surface area contributed by atoms with Crippen molar-refractivity contribution in [2.75, 3.05) is 18.5 Å². The Bertz CT molecular complexity index is 754. The number of nitriles is 1. The van der Waals surface area contributed by atoms with Crippen molar-refractivity contribution in [3.8, 4) is 11.8 Å². The predicted octanol–water partition coefficient (Wildman–Crippen LogP) is 2.94. The highest BCUT2D eigenvalue weighted by molar-refractivity contribution is 5.73. The van der Waals surface area contributed by atoms with E-state index in [9.17, 15) is 4.79 Å². The smallest absolute Gasteiger partial charge is 0.310 e. The van der Waals surface area contributed by atoms with Gasteiger partial charge in [0.2, 0.25) is 0 Å². The molecule has 0 radical (unpaired) electrons. The maximum Gasteiger partial charge on any atom is 0.310 e. The van der Waals surface area contributed by atoms with Crippen LogP contribution in [0.15, 0.2) is 42.6 Å². The van der Waals surface area contributed by atoms with E-state index in [1.54, 1.807) is 18.3 Å². The standard InChI is InChI=1S/C19H21N3O3/c1-14(2)25-17-8-4-3-6-15(17)12-18(23)24-11-10-22-19-16(13-20)7-5-9-21-19/h3-9,14H,10-12H2,1-2H3,(H,21,22). The lowest BCUT2D eigenvalue weighted by atomic mass is 10.1. The molecule has 0 saturated carbocycles. The first kappa shape index (κ1) is 18.3. The third-order valence-corrected chi connectivity index (χ3v) is 3.26. The molecule has 0 fully saturated rings. The van der Waals surface area contributed by atoms with Gasteiger partial charge in [-0.15, -0.1) is 0 Å². The van der Waals surface area contributed by atoms with Gasteiger partial charge in [-0.1, -0.05) is 18.2 Å². The summed E-state index contributed by atoms with van der Waals surface area (Å²) in [5.74, 6) is 0.847. The average Bonchev–Trinajstić information content (AvgIpc) is 2.60. The summed E-state index contributed by atoms with van der Waals surface area (Å²) in [6, 6.07) is 12.8. The minimum Gasteiger partial charge on any atom is -0.491 e. The molecule has 2 rings (SSSR count). The molecule has 0 unspecified atom stereocenters. The maximum absolute atomic E-state index is 12.0. The van der Waals surface area contributed by atoms with Crippen molar-refractivity contribution < 1.29 is 14.3 Å². The van der Waals surface area contributed by atoms with Crippen LogP contribution in [0.1, 0.15) is 25.0 Å². The van der Waals surface area contributed by atoms with Crippen molar-refractivity contribution in [3.63, 3.8) is 0 Å². The van der Waals surface area contributed by atoms with Crippen molar-refractivity contribution in [3.05, 3.63) is 53.7 Å². The number of aromatic nitrogens is 1. The first-order chi connectivity index (χ1) is 12.1. The number of anilines is 1. The fourth-order valence-electron chi connectivity index (χ4n) is 2.20. The molecule has 1 N–H and O–H groups in total. The lowest BCUT2D eigenvalue weighted by Gasteiger charge is -2.14. The fraction of sp³-hybridized carbons (Fsp3) is 0.316. The first-order valence-electron chi connectivity index (χ1n) is 8.09. The van der Waals surface area contributed by atoms with E-state index in [0.29, 0.717) is 23.7 Å². The van der Waals surface area contributed by atoms with Gasteiger partial charge in [0.15, 0.2) is 0 Å². The Labute approximate surface area is 147 Å². The van der Waals surface area contributed by atoms with Gasteiger partial charge in [0.25, 0.3) is 0 Å². The summed E-state index contributed by atoms with van der Waals surface area (Å²) in [6.45, 7) is 4.44. The second-order valence-corrected chi connectivity index (χ2v) is 5.61. The Morgan fingerprint density at radius 2 is 2.08 bits per heavy atom. The number of carbonyl (C=O) groups is 1. The van der Waals surface area contributed by atoms with Gasteiger partial charge in [-0.2, -0.15) is 5.26 Å². The Morgan fingerprint density at radius 1 is 1.28 bits per heavy atom. The van der Waals surface area contributed by atoms with Gasteiger partial charge < -0.3 is 14.8 Å². The minimum atomic E-state index is -0.330. The molecule has 130 valence electrons. The van der Waals surface area contributed by atoms with Crippen molar-refractivity contribution in [2.24, 2.45) is 0 Å². The van der Waals surface area contributed by atoms with Crippen LogP contribution in [-0.2, 0) is 16.0 Å². The summed E-state index contributed by atoms with van der Waals surface area (Å²) >= 11 is 0. The summed E-state index contributed by atoms with van der Waals surface area (Å²) in [4.78, 5) is 16.1. The molecule has 0 atom stereocenters. The fourth-order valence-corrected chi connectivity index (χ4v) is 2.20. The number of nitrogens with one attached hydrogen (secondary N) is 1.